The van der Waals surface area contributed by atoms with Crippen molar-refractivity contribution in [2.75, 3.05) is 6.54 Å². The number of nitrogens with one attached hydrogen (secondary N) is 1. The molecule has 0 fully saturated rings. The van der Waals surface area contributed by atoms with Crippen LogP contribution in [0, 0.1) is 5.82 Å². The maximum atomic E-state index is 12.9. The third-order valence-corrected chi connectivity index (χ3v) is 4.53. The minimum absolute atomic E-state index is 0.163. The van der Waals surface area contributed by atoms with Gasteiger partial charge in [0.2, 0.25) is 0 Å². The van der Waals surface area contributed by atoms with Crippen LogP contribution in [0.3, 0.4) is 0 Å². The predicted octanol–water partition coefficient (Wildman–Crippen LogP) is 4.47. The maximum absolute atomic E-state index is 12.9. The number of hydrogen-bond acceptors (Lipinski definition) is 2. The van der Waals surface area contributed by atoms with E-state index in [1.54, 1.807) is 0 Å². The van der Waals surface area contributed by atoms with Gasteiger partial charge in [0.1, 0.15) is 5.82 Å². The van der Waals surface area contributed by atoms with Crippen molar-refractivity contribution in [3.63, 3.8) is 0 Å². The Balaban J connectivity index is 2.66. The molecular weight excluding hydrogens is 245 g/mol. The fourth-order valence-electron chi connectivity index (χ4n) is 2.13. The van der Waals surface area contributed by atoms with Gasteiger partial charge in [0, 0.05) is 16.2 Å². The zero-order chi connectivity index (χ0) is 13.4. The summed E-state index contributed by atoms with van der Waals surface area (Å²) in [4.78, 5) is 1.15. The minimum Gasteiger partial charge on any atom is -0.313 e. The third kappa shape index (κ3) is 4.99. The Morgan fingerprint density at radius 2 is 1.83 bits per heavy atom. The van der Waals surface area contributed by atoms with E-state index in [0.29, 0.717) is 11.3 Å². The summed E-state index contributed by atoms with van der Waals surface area (Å²) in [5.74, 6) is -0.163. The van der Waals surface area contributed by atoms with Crippen molar-refractivity contribution in [3.05, 3.63) is 30.1 Å². The van der Waals surface area contributed by atoms with Gasteiger partial charge in [0.15, 0.2) is 0 Å². The van der Waals surface area contributed by atoms with Crippen molar-refractivity contribution in [3.8, 4) is 0 Å². The normalized spacial score (nSPS) is 14.4. The van der Waals surface area contributed by atoms with Crippen LogP contribution in [0.4, 0.5) is 4.39 Å². The first-order valence-electron chi connectivity index (χ1n) is 6.86. The van der Waals surface area contributed by atoms with Gasteiger partial charge in [-0.15, -0.1) is 11.8 Å². The Bertz CT molecular complexity index is 320. The second kappa shape index (κ2) is 8.54. The van der Waals surface area contributed by atoms with Gasteiger partial charge in [0.05, 0.1) is 0 Å². The Hall–Kier alpha value is -0.540. The van der Waals surface area contributed by atoms with Gasteiger partial charge >= 0.3 is 0 Å². The maximum Gasteiger partial charge on any atom is 0.123 e. The molecule has 0 amide bonds. The van der Waals surface area contributed by atoms with E-state index in [1.165, 1.54) is 25.0 Å². The molecular formula is C15H24FNS. The highest BCUT2D eigenvalue weighted by molar-refractivity contribution is 8.00. The van der Waals surface area contributed by atoms with Crippen LogP contribution in [-0.4, -0.2) is 17.8 Å². The largest absolute Gasteiger partial charge is 0.313 e. The molecule has 1 rings (SSSR count). The molecule has 1 N–H and O–H groups in total. The summed E-state index contributed by atoms with van der Waals surface area (Å²) in [6.45, 7) is 7.60. The summed E-state index contributed by atoms with van der Waals surface area (Å²) in [6.07, 6.45) is 3.51. The summed E-state index contributed by atoms with van der Waals surface area (Å²) in [7, 11) is 0. The van der Waals surface area contributed by atoms with E-state index in [9.17, 15) is 4.39 Å². The van der Waals surface area contributed by atoms with Gasteiger partial charge in [-0.25, -0.2) is 4.39 Å². The smallest absolute Gasteiger partial charge is 0.123 e. The lowest BCUT2D eigenvalue weighted by molar-refractivity contribution is 0.465. The van der Waals surface area contributed by atoms with Crippen LogP contribution < -0.4 is 5.32 Å². The standard InChI is InChI=1S/C15H24FNS/c1-4-7-14(17-6-3)15(5-2)18-13-10-8-12(16)9-11-13/h8-11,14-15,17H,4-7H2,1-3H3. The molecule has 3 heteroatoms. The molecule has 2 atom stereocenters. The molecule has 0 radical (unpaired) electrons. The number of hydrogen-bond donors (Lipinski definition) is 1. The van der Waals surface area contributed by atoms with Crippen molar-refractivity contribution in [1.29, 1.82) is 0 Å². The molecule has 2 unspecified atom stereocenters. The molecule has 18 heavy (non-hydrogen) atoms. The molecule has 0 saturated heterocycles. The van der Waals surface area contributed by atoms with Crippen molar-refractivity contribution < 1.29 is 4.39 Å². The molecule has 1 nitrogen and oxygen atoms in total. The van der Waals surface area contributed by atoms with Gasteiger partial charge in [-0.2, -0.15) is 0 Å². The quantitative estimate of drug-likeness (QED) is 0.699. The molecule has 1 aromatic carbocycles. The second-order valence-corrected chi connectivity index (χ2v) is 5.78. The van der Waals surface area contributed by atoms with E-state index in [2.05, 4.69) is 26.1 Å². The van der Waals surface area contributed by atoms with Crippen LogP contribution in [0.25, 0.3) is 0 Å². The molecule has 0 heterocycles. The van der Waals surface area contributed by atoms with Gasteiger partial charge < -0.3 is 5.32 Å². The van der Waals surface area contributed by atoms with E-state index < -0.39 is 0 Å². The lowest BCUT2D eigenvalue weighted by Crippen LogP contribution is -2.37. The number of rotatable bonds is 8. The third-order valence-electron chi connectivity index (χ3n) is 3.02. The van der Waals surface area contributed by atoms with E-state index in [1.807, 2.05) is 23.9 Å². The zero-order valence-corrected chi connectivity index (χ0v) is 12.4. The summed E-state index contributed by atoms with van der Waals surface area (Å²) in [5.41, 5.74) is 0. The monoisotopic (exact) mass is 269 g/mol. The first-order chi connectivity index (χ1) is 8.71. The number of thioether (sulfide) groups is 1. The van der Waals surface area contributed by atoms with Gasteiger partial charge in [0.25, 0.3) is 0 Å². The van der Waals surface area contributed by atoms with Crippen LogP contribution in [0.5, 0.6) is 0 Å². The van der Waals surface area contributed by atoms with E-state index in [0.717, 1.165) is 17.9 Å². The van der Waals surface area contributed by atoms with Crippen LogP contribution >= 0.6 is 11.8 Å². The van der Waals surface area contributed by atoms with Crippen molar-refractivity contribution >= 4 is 11.8 Å². The van der Waals surface area contributed by atoms with Crippen LogP contribution in [0.15, 0.2) is 29.2 Å². The van der Waals surface area contributed by atoms with Gasteiger partial charge in [-0.1, -0.05) is 27.2 Å². The zero-order valence-electron chi connectivity index (χ0n) is 11.6. The van der Waals surface area contributed by atoms with Gasteiger partial charge in [-0.3, -0.25) is 0 Å². The highest BCUT2D eigenvalue weighted by Crippen LogP contribution is 2.29. The average Bonchev–Trinajstić information content (AvgIpc) is 2.38. The van der Waals surface area contributed by atoms with E-state index in [4.69, 9.17) is 0 Å². The molecule has 0 bridgehead atoms. The Morgan fingerprint density at radius 3 is 2.33 bits per heavy atom. The van der Waals surface area contributed by atoms with E-state index in [-0.39, 0.29) is 5.82 Å². The molecule has 102 valence electrons. The first-order valence-corrected chi connectivity index (χ1v) is 7.74. The fraction of sp³-hybridized carbons (Fsp3) is 0.600. The molecule has 0 aliphatic heterocycles. The molecule has 0 aromatic heterocycles. The highest BCUT2D eigenvalue weighted by Gasteiger charge is 2.19. The second-order valence-electron chi connectivity index (χ2n) is 4.47. The van der Waals surface area contributed by atoms with Gasteiger partial charge in [-0.05, 0) is 43.7 Å². The predicted molar refractivity (Wildman–Crippen MR) is 78.7 cm³/mol. The lowest BCUT2D eigenvalue weighted by atomic mass is 10.1. The molecule has 1 aromatic rings. The lowest BCUT2D eigenvalue weighted by Gasteiger charge is -2.26. The summed E-state index contributed by atoms with van der Waals surface area (Å²) in [5, 5.41) is 4.12. The van der Waals surface area contributed by atoms with Crippen molar-refractivity contribution in [2.45, 2.75) is 56.2 Å². The molecule has 0 aliphatic carbocycles. The van der Waals surface area contributed by atoms with E-state index >= 15 is 0 Å². The van der Waals surface area contributed by atoms with Crippen LogP contribution in [0.1, 0.15) is 40.0 Å². The molecule has 0 spiro atoms. The van der Waals surface area contributed by atoms with Crippen LogP contribution in [-0.2, 0) is 0 Å². The Kier molecular flexibility index (Phi) is 7.36. The molecule has 0 aliphatic rings. The highest BCUT2D eigenvalue weighted by atomic mass is 32.2. The number of benzene rings is 1. The van der Waals surface area contributed by atoms with Crippen LogP contribution in [0.2, 0.25) is 0 Å². The number of halogens is 1. The Morgan fingerprint density at radius 1 is 1.17 bits per heavy atom. The Labute approximate surface area is 115 Å². The minimum atomic E-state index is -0.163. The van der Waals surface area contributed by atoms with Crippen molar-refractivity contribution in [1.82, 2.24) is 5.32 Å². The van der Waals surface area contributed by atoms with Crippen molar-refractivity contribution in [2.24, 2.45) is 0 Å². The topological polar surface area (TPSA) is 12.0 Å². The first kappa shape index (κ1) is 15.5. The summed E-state index contributed by atoms with van der Waals surface area (Å²) >= 11 is 1.86. The summed E-state index contributed by atoms with van der Waals surface area (Å²) < 4.78 is 12.9. The fourth-order valence-corrected chi connectivity index (χ4v) is 3.34. The SMILES string of the molecule is CCCC(NCC)C(CC)Sc1ccc(F)cc1. The summed E-state index contributed by atoms with van der Waals surface area (Å²) in [6, 6.07) is 7.36. The molecule has 0 saturated carbocycles. The average molecular weight is 269 g/mol.